The highest BCUT2D eigenvalue weighted by molar-refractivity contribution is 6.99. The van der Waals surface area contributed by atoms with Gasteiger partial charge in [-0.3, -0.25) is 0 Å². The highest BCUT2D eigenvalue weighted by Crippen LogP contribution is 2.40. The predicted molar refractivity (Wildman–Crippen MR) is 215 cm³/mol. The SMILES string of the molecule is COc1ccc([C@H]2OC[C@@H](C)[C@@H]([C@H](CO[Si](C)(C)C(C)(C)C)[C@H](O)/C(C)=C/[C@@H](C)CO[Si](c3ccccc3)(c3ccccc3)C(C)(C)C)O2)cc1. The molecule has 51 heavy (non-hydrogen) atoms. The molecule has 3 aromatic carbocycles. The van der Waals surface area contributed by atoms with Gasteiger partial charge in [-0.25, -0.2) is 0 Å². The van der Waals surface area contributed by atoms with Crippen LogP contribution in [0.5, 0.6) is 5.75 Å². The molecule has 6 nitrogen and oxygen atoms in total. The largest absolute Gasteiger partial charge is 0.497 e. The van der Waals surface area contributed by atoms with Crippen molar-refractivity contribution in [2.45, 2.75) is 104 Å². The zero-order valence-electron chi connectivity index (χ0n) is 33.2. The lowest BCUT2D eigenvalue weighted by molar-refractivity contribution is -0.258. The van der Waals surface area contributed by atoms with Crippen molar-refractivity contribution in [3.63, 3.8) is 0 Å². The molecule has 3 aromatic rings. The number of hydrogen-bond donors (Lipinski definition) is 1. The van der Waals surface area contributed by atoms with Crippen LogP contribution in [0.4, 0.5) is 0 Å². The maximum absolute atomic E-state index is 12.2. The second-order valence-corrected chi connectivity index (χ2v) is 26.2. The summed E-state index contributed by atoms with van der Waals surface area (Å²) in [5.74, 6) is 0.610. The Labute approximate surface area is 310 Å². The van der Waals surface area contributed by atoms with E-state index < -0.39 is 29.0 Å². The van der Waals surface area contributed by atoms with Crippen LogP contribution in [0.25, 0.3) is 0 Å². The van der Waals surface area contributed by atoms with Crippen LogP contribution in [-0.2, 0) is 18.3 Å². The molecule has 6 atom stereocenters. The summed E-state index contributed by atoms with van der Waals surface area (Å²) in [4.78, 5) is 0. The van der Waals surface area contributed by atoms with Gasteiger partial charge in [-0.05, 0) is 64.1 Å². The Morgan fingerprint density at radius 3 is 1.88 bits per heavy atom. The van der Waals surface area contributed by atoms with Crippen LogP contribution in [0.2, 0.25) is 23.2 Å². The minimum atomic E-state index is -2.69. The van der Waals surface area contributed by atoms with Gasteiger partial charge in [-0.15, -0.1) is 0 Å². The molecule has 1 N–H and O–H groups in total. The Bertz CT molecular complexity index is 1490. The van der Waals surface area contributed by atoms with Crippen molar-refractivity contribution in [2.75, 3.05) is 26.9 Å². The summed E-state index contributed by atoms with van der Waals surface area (Å²) in [6, 6.07) is 29.3. The summed E-state index contributed by atoms with van der Waals surface area (Å²) in [7, 11) is -3.16. The van der Waals surface area contributed by atoms with Crippen molar-refractivity contribution < 1.29 is 28.2 Å². The van der Waals surface area contributed by atoms with E-state index in [0.717, 1.165) is 16.9 Å². The van der Waals surface area contributed by atoms with E-state index in [2.05, 4.69) is 135 Å². The zero-order chi connectivity index (χ0) is 37.6. The average molecular weight is 733 g/mol. The number of benzene rings is 3. The van der Waals surface area contributed by atoms with Crippen LogP contribution < -0.4 is 15.1 Å². The Kier molecular flexibility index (Phi) is 13.8. The van der Waals surface area contributed by atoms with Gasteiger partial charge < -0.3 is 28.2 Å². The van der Waals surface area contributed by atoms with Gasteiger partial charge in [0, 0.05) is 30.6 Å². The van der Waals surface area contributed by atoms with Gasteiger partial charge in [-0.1, -0.05) is 134 Å². The molecular weight excluding hydrogens is 669 g/mol. The van der Waals surface area contributed by atoms with Crippen LogP contribution in [0.15, 0.2) is 96.6 Å². The average Bonchev–Trinajstić information content (AvgIpc) is 3.09. The van der Waals surface area contributed by atoms with Crippen molar-refractivity contribution in [1.29, 1.82) is 0 Å². The Morgan fingerprint density at radius 1 is 0.843 bits per heavy atom. The second-order valence-electron chi connectivity index (χ2n) is 17.1. The van der Waals surface area contributed by atoms with E-state index >= 15 is 0 Å². The molecule has 0 aliphatic carbocycles. The summed E-state index contributed by atoms with van der Waals surface area (Å²) >= 11 is 0. The highest BCUT2D eigenvalue weighted by Gasteiger charge is 2.50. The van der Waals surface area contributed by atoms with Gasteiger partial charge in [0.05, 0.1) is 25.9 Å². The maximum Gasteiger partial charge on any atom is 0.261 e. The smallest absolute Gasteiger partial charge is 0.261 e. The third kappa shape index (κ3) is 9.71. The van der Waals surface area contributed by atoms with E-state index in [4.69, 9.17) is 23.1 Å². The van der Waals surface area contributed by atoms with Crippen LogP contribution in [-0.4, -0.2) is 60.9 Å². The summed E-state index contributed by atoms with van der Waals surface area (Å²) in [5, 5.41) is 14.7. The van der Waals surface area contributed by atoms with E-state index in [0.29, 0.717) is 19.8 Å². The van der Waals surface area contributed by atoms with Gasteiger partial charge in [0.2, 0.25) is 0 Å². The second kappa shape index (κ2) is 17.1. The summed E-state index contributed by atoms with van der Waals surface area (Å²) in [6.07, 6.45) is 0.597. The molecule has 0 radical (unpaired) electrons. The fourth-order valence-corrected chi connectivity index (χ4v) is 12.7. The monoisotopic (exact) mass is 732 g/mol. The first kappa shape index (κ1) is 41.2. The lowest BCUT2D eigenvalue weighted by Gasteiger charge is -2.44. The lowest BCUT2D eigenvalue weighted by atomic mass is 9.84. The van der Waals surface area contributed by atoms with Crippen LogP contribution in [0, 0.1) is 17.8 Å². The van der Waals surface area contributed by atoms with Crippen molar-refractivity contribution >= 4 is 27.0 Å². The molecule has 8 heteroatoms. The van der Waals surface area contributed by atoms with Gasteiger partial charge >= 0.3 is 0 Å². The fraction of sp³-hybridized carbons (Fsp3) is 0.535. The number of ether oxygens (including phenoxy) is 3. The summed E-state index contributed by atoms with van der Waals surface area (Å²) < 4.78 is 32.4. The molecule has 280 valence electrons. The molecule has 0 amide bonds. The molecule has 1 heterocycles. The quantitative estimate of drug-likeness (QED) is 0.132. The van der Waals surface area contributed by atoms with Gasteiger partial charge in [-0.2, -0.15) is 0 Å². The third-order valence-electron chi connectivity index (χ3n) is 11.0. The molecule has 1 fully saturated rings. The molecule has 0 unspecified atom stereocenters. The van der Waals surface area contributed by atoms with E-state index in [1.807, 2.05) is 31.2 Å². The molecule has 0 bridgehead atoms. The number of methoxy groups -OCH3 is 1. The topological polar surface area (TPSA) is 66.4 Å². The number of hydrogen-bond acceptors (Lipinski definition) is 6. The summed E-state index contributed by atoms with van der Waals surface area (Å²) in [6.45, 7) is 26.0. The van der Waals surface area contributed by atoms with Crippen LogP contribution in [0.1, 0.15) is 74.2 Å². The van der Waals surface area contributed by atoms with Crippen LogP contribution >= 0.6 is 0 Å². The molecule has 1 aliphatic rings. The van der Waals surface area contributed by atoms with Crippen LogP contribution in [0.3, 0.4) is 0 Å². The molecular formula is C43H64O6Si2. The number of aliphatic hydroxyl groups is 1. The van der Waals surface area contributed by atoms with Crippen molar-refractivity contribution in [3.05, 3.63) is 102 Å². The zero-order valence-corrected chi connectivity index (χ0v) is 35.2. The minimum Gasteiger partial charge on any atom is -0.497 e. The first-order valence-corrected chi connectivity index (χ1v) is 23.4. The standard InChI is InChI=1S/C43H64O6Si2/c1-31(28-48-51(43(7,8)9,36-19-15-13-16-20-36)37-21-17-14-18-22-37)27-32(2)39(44)38(30-47-50(11,12)42(4,5)6)40-33(3)29-46-41(49-40)34-23-25-35(45-10)26-24-34/h13-27,31,33,38-41,44H,28-30H2,1-12H3/b32-27+/t31-,33-,38-,39-,40+,41+/m1/s1. The number of rotatable bonds is 14. The molecule has 0 saturated carbocycles. The highest BCUT2D eigenvalue weighted by atomic mass is 28.4. The first-order valence-electron chi connectivity index (χ1n) is 18.6. The van der Waals surface area contributed by atoms with Gasteiger partial charge in [0.15, 0.2) is 14.6 Å². The van der Waals surface area contributed by atoms with Gasteiger partial charge in [0.25, 0.3) is 8.32 Å². The lowest BCUT2D eigenvalue weighted by Crippen LogP contribution is -2.66. The Hall–Kier alpha value is -2.57. The normalized spacial score (nSPS) is 21.2. The molecule has 0 aromatic heterocycles. The number of aliphatic hydroxyl groups excluding tert-OH is 1. The van der Waals surface area contributed by atoms with E-state index in [-0.39, 0.29) is 33.9 Å². The Balaban J connectivity index is 1.62. The fourth-order valence-electron chi connectivity index (χ4n) is 6.95. The molecule has 1 aliphatic heterocycles. The minimum absolute atomic E-state index is 0.0357. The summed E-state index contributed by atoms with van der Waals surface area (Å²) in [5.41, 5.74) is 1.83. The van der Waals surface area contributed by atoms with E-state index in [9.17, 15) is 5.11 Å². The third-order valence-corrected chi connectivity index (χ3v) is 20.5. The molecule has 1 saturated heterocycles. The van der Waals surface area contributed by atoms with E-state index in [1.165, 1.54) is 10.4 Å². The maximum atomic E-state index is 12.2. The van der Waals surface area contributed by atoms with Crippen molar-refractivity contribution in [1.82, 2.24) is 0 Å². The predicted octanol–water partition coefficient (Wildman–Crippen LogP) is 8.90. The van der Waals surface area contributed by atoms with E-state index in [1.54, 1.807) is 7.11 Å². The van der Waals surface area contributed by atoms with Gasteiger partial charge in [0.1, 0.15) is 5.75 Å². The first-order chi connectivity index (χ1) is 23.9. The van der Waals surface area contributed by atoms with Crippen molar-refractivity contribution in [2.24, 2.45) is 17.8 Å². The van der Waals surface area contributed by atoms with Crippen molar-refractivity contribution in [3.8, 4) is 5.75 Å². The Morgan fingerprint density at radius 2 is 1.39 bits per heavy atom. The molecule has 4 rings (SSSR count). The molecule has 0 spiro atoms.